The Hall–Kier alpha value is -2.37. The van der Waals surface area contributed by atoms with Gasteiger partial charge in [-0.1, -0.05) is 0 Å². The highest BCUT2D eigenvalue weighted by Crippen LogP contribution is 2.39. The minimum Gasteiger partial charge on any atom is -0.486 e. The van der Waals surface area contributed by atoms with Gasteiger partial charge >= 0.3 is 6.09 Å². The number of fused-ring (bicyclic) bond motifs is 1. The first-order valence-electron chi connectivity index (χ1n) is 8.51. The predicted octanol–water partition coefficient (Wildman–Crippen LogP) is 3.23. The zero-order valence-electron chi connectivity index (χ0n) is 14.8. The van der Waals surface area contributed by atoms with Crippen molar-refractivity contribution in [2.75, 3.05) is 13.1 Å². The molecule has 1 fully saturated rings. The van der Waals surface area contributed by atoms with E-state index in [0.29, 0.717) is 42.8 Å². The molecule has 0 bridgehead atoms. The standard InChI is InChI=1S/C19H23NO5/c1-18(2,3)25-17(23)20-8-6-19(7-9-20)11-15(22)14-10-13(12-21)4-5-16(14)24-19/h4-5,10,12H,6-9,11H2,1-3H3. The van der Waals surface area contributed by atoms with Gasteiger partial charge in [-0.3, -0.25) is 9.59 Å². The smallest absolute Gasteiger partial charge is 0.410 e. The van der Waals surface area contributed by atoms with E-state index in [4.69, 9.17) is 9.47 Å². The Morgan fingerprint density at radius 3 is 2.56 bits per heavy atom. The highest BCUT2D eigenvalue weighted by atomic mass is 16.6. The molecule has 1 spiro atoms. The molecule has 0 unspecified atom stereocenters. The van der Waals surface area contributed by atoms with Gasteiger partial charge in [0.1, 0.15) is 23.2 Å². The van der Waals surface area contributed by atoms with Crippen LogP contribution in [-0.2, 0) is 4.74 Å². The second-order valence-corrected chi connectivity index (χ2v) is 7.73. The van der Waals surface area contributed by atoms with Gasteiger partial charge < -0.3 is 14.4 Å². The summed E-state index contributed by atoms with van der Waals surface area (Å²) in [6.07, 6.45) is 1.81. The molecule has 1 saturated heterocycles. The van der Waals surface area contributed by atoms with Gasteiger partial charge in [0.25, 0.3) is 0 Å². The van der Waals surface area contributed by atoms with Crippen LogP contribution in [0.15, 0.2) is 18.2 Å². The maximum absolute atomic E-state index is 12.5. The molecule has 3 rings (SSSR count). The van der Waals surface area contributed by atoms with Gasteiger partial charge in [-0.25, -0.2) is 4.79 Å². The molecule has 0 aromatic heterocycles. The van der Waals surface area contributed by atoms with Gasteiger partial charge in [0.05, 0.1) is 12.0 Å². The van der Waals surface area contributed by atoms with Crippen molar-refractivity contribution >= 4 is 18.2 Å². The summed E-state index contributed by atoms with van der Waals surface area (Å²) in [5, 5.41) is 0. The van der Waals surface area contributed by atoms with Crippen molar-refractivity contribution in [3.63, 3.8) is 0 Å². The average molecular weight is 345 g/mol. The molecule has 1 aromatic rings. The van der Waals surface area contributed by atoms with Gasteiger partial charge in [-0.05, 0) is 39.0 Å². The van der Waals surface area contributed by atoms with Gasteiger partial charge in [-0.2, -0.15) is 0 Å². The number of ketones is 1. The average Bonchev–Trinajstić information content (AvgIpc) is 2.53. The van der Waals surface area contributed by atoms with E-state index < -0.39 is 11.2 Å². The summed E-state index contributed by atoms with van der Waals surface area (Å²) in [7, 11) is 0. The molecule has 0 atom stereocenters. The van der Waals surface area contributed by atoms with Crippen LogP contribution in [0.3, 0.4) is 0 Å². The number of hydrogen-bond donors (Lipinski definition) is 0. The number of hydrogen-bond acceptors (Lipinski definition) is 5. The highest BCUT2D eigenvalue weighted by Gasteiger charge is 2.44. The molecule has 1 aromatic carbocycles. The summed E-state index contributed by atoms with van der Waals surface area (Å²) in [6, 6.07) is 4.90. The Labute approximate surface area is 147 Å². The topological polar surface area (TPSA) is 72.9 Å². The third-order valence-corrected chi connectivity index (χ3v) is 4.58. The number of rotatable bonds is 1. The van der Waals surface area contributed by atoms with Crippen LogP contribution in [0.4, 0.5) is 4.79 Å². The van der Waals surface area contributed by atoms with Crippen molar-refractivity contribution in [3.8, 4) is 5.75 Å². The summed E-state index contributed by atoms with van der Waals surface area (Å²) < 4.78 is 11.5. The van der Waals surface area contributed by atoms with Gasteiger partial charge in [0, 0.05) is 31.5 Å². The maximum atomic E-state index is 12.5. The third-order valence-electron chi connectivity index (χ3n) is 4.58. The van der Waals surface area contributed by atoms with Crippen LogP contribution < -0.4 is 4.74 Å². The molecule has 2 heterocycles. The van der Waals surface area contributed by atoms with Crippen LogP contribution in [-0.4, -0.2) is 47.4 Å². The largest absolute Gasteiger partial charge is 0.486 e. The Bertz CT molecular complexity index is 711. The van der Waals surface area contributed by atoms with E-state index in [2.05, 4.69) is 0 Å². The number of Topliss-reactive ketones (excluding diaryl/α,β-unsaturated/α-hetero) is 1. The van der Waals surface area contributed by atoms with Crippen molar-refractivity contribution in [3.05, 3.63) is 29.3 Å². The van der Waals surface area contributed by atoms with Crippen molar-refractivity contribution in [1.29, 1.82) is 0 Å². The molecular formula is C19H23NO5. The Morgan fingerprint density at radius 1 is 1.28 bits per heavy atom. The van der Waals surface area contributed by atoms with Crippen LogP contribution in [0.25, 0.3) is 0 Å². The first kappa shape index (κ1) is 17.5. The number of carbonyl (C=O) groups excluding carboxylic acids is 3. The van der Waals surface area contributed by atoms with Crippen LogP contribution in [0.2, 0.25) is 0 Å². The van der Waals surface area contributed by atoms with E-state index in [9.17, 15) is 14.4 Å². The normalized spacial score (nSPS) is 19.2. The van der Waals surface area contributed by atoms with Gasteiger partial charge in [0.15, 0.2) is 5.78 Å². The number of aldehydes is 1. The number of ether oxygens (including phenoxy) is 2. The first-order chi connectivity index (χ1) is 11.7. The molecule has 134 valence electrons. The molecule has 0 saturated carbocycles. The number of nitrogens with zero attached hydrogens (tertiary/aromatic N) is 1. The summed E-state index contributed by atoms with van der Waals surface area (Å²) in [5.41, 5.74) is -0.180. The summed E-state index contributed by atoms with van der Waals surface area (Å²) in [5.74, 6) is 0.503. The Balaban J connectivity index is 1.70. The molecule has 6 heteroatoms. The molecule has 25 heavy (non-hydrogen) atoms. The molecule has 2 aliphatic rings. The van der Waals surface area contributed by atoms with Crippen molar-refractivity contribution in [1.82, 2.24) is 4.90 Å². The Kier molecular flexibility index (Phi) is 4.31. The number of carbonyl (C=O) groups is 3. The second kappa shape index (κ2) is 6.17. The van der Waals surface area contributed by atoms with Crippen LogP contribution in [0, 0.1) is 0 Å². The zero-order chi connectivity index (χ0) is 18.2. The van der Waals surface area contributed by atoms with Gasteiger partial charge in [0.2, 0.25) is 0 Å². The zero-order valence-corrected chi connectivity index (χ0v) is 14.8. The first-order valence-corrected chi connectivity index (χ1v) is 8.51. The number of amides is 1. The van der Waals surface area contributed by atoms with E-state index in [1.54, 1.807) is 23.1 Å². The minimum absolute atomic E-state index is 0.0179. The molecule has 6 nitrogen and oxygen atoms in total. The fourth-order valence-electron chi connectivity index (χ4n) is 3.29. The summed E-state index contributed by atoms with van der Waals surface area (Å²) in [6.45, 7) is 6.49. The van der Waals surface area contributed by atoms with E-state index in [1.165, 1.54) is 0 Å². The lowest BCUT2D eigenvalue weighted by atomic mass is 9.82. The lowest BCUT2D eigenvalue weighted by Gasteiger charge is -2.44. The second-order valence-electron chi connectivity index (χ2n) is 7.73. The number of piperidine rings is 1. The molecule has 0 N–H and O–H groups in total. The minimum atomic E-state index is -0.578. The van der Waals surface area contributed by atoms with Crippen LogP contribution in [0.1, 0.15) is 60.7 Å². The van der Waals surface area contributed by atoms with Crippen molar-refractivity contribution in [2.45, 2.75) is 51.2 Å². The number of benzene rings is 1. The molecule has 0 aliphatic carbocycles. The highest BCUT2D eigenvalue weighted by molar-refractivity contribution is 6.01. The molecule has 1 amide bonds. The Morgan fingerprint density at radius 2 is 1.96 bits per heavy atom. The quantitative estimate of drug-likeness (QED) is 0.731. The van der Waals surface area contributed by atoms with E-state index in [0.717, 1.165) is 6.29 Å². The maximum Gasteiger partial charge on any atom is 0.410 e. The number of likely N-dealkylation sites (tertiary alicyclic amines) is 1. The van der Waals surface area contributed by atoms with E-state index in [-0.39, 0.29) is 18.3 Å². The van der Waals surface area contributed by atoms with E-state index in [1.807, 2.05) is 20.8 Å². The fourth-order valence-corrected chi connectivity index (χ4v) is 3.29. The van der Waals surface area contributed by atoms with Crippen LogP contribution >= 0.6 is 0 Å². The monoisotopic (exact) mass is 345 g/mol. The van der Waals surface area contributed by atoms with Crippen molar-refractivity contribution in [2.24, 2.45) is 0 Å². The molecule has 0 radical (unpaired) electrons. The van der Waals surface area contributed by atoms with E-state index >= 15 is 0 Å². The lowest BCUT2D eigenvalue weighted by Crippen LogP contribution is -2.53. The lowest BCUT2D eigenvalue weighted by molar-refractivity contribution is -0.0226. The molecular weight excluding hydrogens is 322 g/mol. The fraction of sp³-hybridized carbons (Fsp3) is 0.526. The van der Waals surface area contributed by atoms with Crippen LogP contribution in [0.5, 0.6) is 5.75 Å². The third kappa shape index (κ3) is 3.67. The predicted molar refractivity (Wildman–Crippen MR) is 91.2 cm³/mol. The summed E-state index contributed by atoms with van der Waals surface area (Å²) in [4.78, 5) is 37.3. The SMILES string of the molecule is CC(C)(C)OC(=O)N1CCC2(CC1)CC(=O)c1cc(C=O)ccc1O2. The van der Waals surface area contributed by atoms with Gasteiger partial charge in [-0.15, -0.1) is 0 Å². The molecule has 2 aliphatic heterocycles. The summed E-state index contributed by atoms with van der Waals surface area (Å²) >= 11 is 0. The van der Waals surface area contributed by atoms with Crippen molar-refractivity contribution < 1.29 is 23.9 Å².